The first-order valence-electron chi connectivity index (χ1n) is 38.7. The number of imidazole rings is 3. The minimum Gasteiger partial charge on any atom is -0.309 e. The summed E-state index contributed by atoms with van der Waals surface area (Å²) < 4.78 is 54.4. The van der Waals surface area contributed by atoms with Gasteiger partial charge in [0.05, 0.1) is 72.2 Å². The Morgan fingerprint density at radius 2 is 0.647 bits per heavy atom. The van der Waals surface area contributed by atoms with Gasteiger partial charge in [0, 0.05) is 92.3 Å². The molecule has 6 aromatic heterocycles. The highest BCUT2D eigenvalue weighted by atomic mass is 31.2. The van der Waals surface area contributed by atoms with E-state index in [0.29, 0.717) is 0 Å². The predicted molar refractivity (Wildman–Crippen MR) is 478 cm³/mol. The number of aromatic nitrogens is 9. The lowest BCUT2D eigenvalue weighted by Gasteiger charge is -2.29. The van der Waals surface area contributed by atoms with Crippen LogP contribution in [-0.2, 0) is 13.7 Å². The summed E-state index contributed by atoms with van der Waals surface area (Å²) in [5.74, 6) is 2.44. The van der Waals surface area contributed by atoms with Crippen LogP contribution in [0.5, 0.6) is 0 Å². The van der Waals surface area contributed by atoms with E-state index in [1.807, 2.05) is 224 Å². The highest BCUT2D eigenvalue weighted by molar-refractivity contribution is 7.87. The Hall–Kier alpha value is -14.2. The zero-order chi connectivity index (χ0) is 77.0. The molecule has 3 unspecified atom stereocenters. The summed E-state index contributed by atoms with van der Waals surface area (Å²) in [7, 11) is -9.31. The van der Waals surface area contributed by atoms with Crippen molar-refractivity contribution in [2.75, 3.05) is 0 Å². The van der Waals surface area contributed by atoms with Crippen LogP contribution in [0.4, 0.5) is 0 Å². The van der Waals surface area contributed by atoms with Crippen molar-refractivity contribution in [3.63, 3.8) is 0 Å². The molecule has 16 aromatic carbocycles. The molecule has 0 radical (unpaired) electrons. The molecule has 3 aliphatic heterocycles. The number of fused-ring (bicyclic) bond motifs is 15. The largest absolute Gasteiger partial charge is 0.309 e. The molecule has 22 aromatic rings. The highest BCUT2D eigenvalue weighted by Gasteiger charge is 2.44. The number of para-hydroxylation sites is 8. The van der Waals surface area contributed by atoms with E-state index >= 15 is 13.7 Å². The molecule has 3 atom stereocenters. The summed E-state index contributed by atoms with van der Waals surface area (Å²) in [5, 5.41) is 16.8. The molecule has 9 heterocycles. The fourth-order valence-corrected chi connectivity index (χ4v) is 27.3. The molecule has 12 nitrogen and oxygen atoms in total. The molecule has 0 N–H and O–H groups in total. The molecule has 546 valence electrons. The number of pyridine rings is 2. The van der Waals surface area contributed by atoms with Gasteiger partial charge in [-0.3, -0.25) is 18.7 Å². The highest BCUT2D eigenvalue weighted by Crippen LogP contribution is 2.54. The van der Waals surface area contributed by atoms with E-state index in [4.69, 9.17) is 19.9 Å². The quantitative estimate of drug-likeness (QED) is 0.114. The van der Waals surface area contributed by atoms with E-state index in [0.717, 1.165) is 165 Å². The first-order valence-corrected chi connectivity index (χ1v) is 43.8. The second-order valence-corrected chi connectivity index (χ2v) is 37.7. The SMILES string of the molecule is O=P1(c2ccccc2)c2ccccc2-n2c(-c3cc4ccccc4c4ccccc34)nc3cccc1c32.O=P1(c2ccccc2)c2ccccc2-n2c(-c3ccc4ccc5cccnc5c4n3)nc3cccc1c32.O=P1(c2ccccc2)c2ccccc2-n2c(-c3cccc(-n4c5ccccc5c5ccccc54)c3)nc3cccc1c32. The molecule has 25 rings (SSSR count). The van der Waals surface area contributed by atoms with Crippen molar-refractivity contribution in [3.8, 4) is 57.0 Å². The van der Waals surface area contributed by atoms with Crippen molar-refractivity contribution in [1.29, 1.82) is 0 Å². The molecule has 3 aliphatic rings. The van der Waals surface area contributed by atoms with Crippen LogP contribution in [0.3, 0.4) is 0 Å². The average Bonchev–Trinajstić information content (AvgIpc) is 1.50. The summed E-state index contributed by atoms with van der Waals surface area (Å²) >= 11 is 0. The lowest BCUT2D eigenvalue weighted by Crippen LogP contribution is -2.32. The molecule has 0 fully saturated rings. The van der Waals surface area contributed by atoms with E-state index < -0.39 is 21.4 Å². The smallest absolute Gasteiger partial charge is 0.175 e. The summed E-state index contributed by atoms with van der Waals surface area (Å²) in [6, 6.07) is 129. The maximum atomic E-state index is 15.2. The minimum atomic E-state index is -3.11. The standard InChI is InChI=1S/C37H24N3OP.C33H21N2OP.C31H19N4OP/c41-42(27-14-2-1-3-15-27)34-22-9-8-21-33(34)40-36-30(18-11-23-35(36)42)38-37(40)25-12-10-13-26(24-25)39-31-19-6-4-16-28(31)29-17-5-7-20-32(29)39;36-37(23-12-2-1-3-13-23)30-19-9-8-18-29(30)35-32-28(17-10-20-31(32)37)34-33(35)27-21-22-11-4-5-14-24(22)25-15-6-7-16-26(25)27;36-37(22-9-2-1-3-10-22)26-13-5-4-12-25(26)35-30-23(11-6-14-27(30)37)34-31(35)24-18-17-21-16-15-20-8-7-19-32-28(20)29(21)33-24/h1-24H;1-21H;1-19H. The number of rotatable bonds is 7. The van der Waals surface area contributed by atoms with Crippen LogP contribution < -0.4 is 47.7 Å². The van der Waals surface area contributed by atoms with Gasteiger partial charge in [-0.15, -0.1) is 0 Å². The van der Waals surface area contributed by atoms with Gasteiger partial charge in [0.2, 0.25) is 0 Å². The molecule has 0 aliphatic carbocycles. The van der Waals surface area contributed by atoms with Crippen LogP contribution >= 0.6 is 21.4 Å². The van der Waals surface area contributed by atoms with E-state index in [2.05, 4.69) is 181 Å². The van der Waals surface area contributed by atoms with Gasteiger partial charge in [0.25, 0.3) is 0 Å². The van der Waals surface area contributed by atoms with Gasteiger partial charge < -0.3 is 18.3 Å². The Morgan fingerprint density at radius 1 is 0.250 bits per heavy atom. The van der Waals surface area contributed by atoms with E-state index in [9.17, 15) is 0 Å². The van der Waals surface area contributed by atoms with Crippen molar-refractivity contribution in [2.24, 2.45) is 0 Å². The Bertz CT molecular complexity index is 7990. The fourth-order valence-electron chi connectivity index (χ4n) is 18.3. The van der Waals surface area contributed by atoms with Gasteiger partial charge >= 0.3 is 0 Å². The maximum absolute atomic E-state index is 15.2. The maximum Gasteiger partial charge on any atom is 0.175 e. The minimum absolute atomic E-state index is 0.726. The second kappa shape index (κ2) is 26.2. The molecule has 116 heavy (non-hydrogen) atoms. The molecule has 0 spiro atoms. The second-order valence-electron chi connectivity index (χ2n) is 29.6. The zero-order valence-electron chi connectivity index (χ0n) is 62.0. The first kappa shape index (κ1) is 67.5. The van der Waals surface area contributed by atoms with Gasteiger partial charge in [-0.2, -0.15) is 0 Å². The van der Waals surface area contributed by atoms with Gasteiger partial charge in [-0.1, -0.05) is 267 Å². The van der Waals surface area contributed by atoms with Gasteiger partial charge in [-0.25, -0.2) is 19.9 Å². The van der Waals surface area contributed by atoms with Crippen LogP contribution in [0.15, 0.2) is 388 Å². The summed E-state index contributed by atoms with van der Waals surface area (Å²) in [5.41, 5.74) is 15.9. The third-order valence-corrected chi connectivity index (χ3v) is 32.7. The third-order valence-electron chi connectivity index (χ3n) is 23.3. The Labute approximate surface area is 665 Å². The van der Waals surface area contributed by atoms with Crippen molar-refractivity contribution < 1.29 is 13.7 Å². The number of hydrogen-bond donors (Lipinski definition) is 0. The number of nitrogens with zero attached hydrogens (tertiary/aromatic N) is 9. The van der Waals surface area contributed by atoms with Crippen molar-refractivity contribution in [3.05, 3.63) is 388 Å². The van der Waals surface area contributed by atoms with E-state index in [-0.39, 0.29) is 0 Å². The summed E-state index contributed by atoms with van der Waals surface area (Å²) in [4.78, 5) is 25.2. The fraction of sp³-hybridized carbons (Fsp3) is 0. The van der Waals surface area contributed by atoms with Gasteiger partial charge in [-0.05, 0) is 137 Å². The van der Waals surface area contributed by atoms with E-state index in [1.165, 1.54) is 38.0 Å². The predicted octanol–water partition coefficient (Wildman–Crippen LogP) is 20.4. The van der Waals surface area contributed by atoms with Gasteiger partial charge in [0.15, 0.2) is 27.3 Å². The van der Waals surface area contributed by atoms with Gasteiger partial charge in [0.1, 0.15) is 17.3 Å². The molecule has 15 heteroatoms. The number of benzene rings is 16. The normalized spacial score (nSPS) is 16.1. The van der Waals surface area contributed by atoms with Crippen LogP contribution in [-0.4, -0.2) is 43.2 Å². The molecular formula is C101H64N9O3P3. The summed E-state index contributed by atoms with van der Waals surface area (Å²) in [6.45, 7) is 0. The Balaban J connectivity index is 0.000000103. The van der Waals surface area contributed by atoms with Crippen LogP contribution in [0.2, 0.25) is 0 Å². The molecular weight excluding hydrogens is 1480 g/mol. The van der Waals surface area contributed by atoms with Crippen LogP contribution in [0.25, 0.3) is 155 Å². The molecule has 0 amide bonds. The third kappa shape index (κ3) is 9.88. The average molecular weight is 1540 g/mol. The van der Waals surface area contributed by atoms with Crippen molar-refractivity contribution in [2.45, 2.75) is 0 Å². The van der Waals surface area contributed by atoms with Crippen molar-refractivity contribution >= 4 is 167 Å². The topological polar surface area (TPSA) is 135 Å². The van der Waals surface area contributed by atoms with Crippen LogP contribution in [0, 0.1) is 0 Å². The Kier molecular flexibility index (Phi) is 15.2. The summed E-state index contributed by atoms with van der Waals surface area (Å²) in [6.07, 6.45) is 1.80. The lowest BCUT2D eigenvalue weighted by atomic mass is 9.97. The molecule has 0 saturated heterocycles. The zero-order valence-corrected chi connectivity index (χ0v) is 64.7. The van der Waals surface area contributed by atoms with E-state index in [1.54, 1.807) is 6.20 Å². The number of hydrogen-bond acceptors (Lipinski definition) is 8. The molecule has 0 saturated carbocycles. The first-order chi connectivity index (χ1) is 57.2. The Morgan fingerprint density at radius 3 is 1.19 bits per heavy atom. The van der Waals surface area contributed by atoms with Crippen molar-refractivity contribution in [1.82, 2.24) is 43.2 Å². The monoisotopic (exact) mass is 1540 g/mol. The molecule has 0 bridgehead atoms. The van der Waals surface area contributed by atoms with Crippen LogP contribution in [0.1, 0.15) is 0 Å². The lowest BCUT2D eigenvalue weighted by molar-refractivity contribution is 0.591.